The molecule has 0 aliphatic carbocycles. The van der Waals surface area contributed by atoms with Gasteiger partial charge in [0.2, 0.25) is 10.0 Å². The summed E-state index contributed by atoms with van der Waals surface area (Å²) in [6, 6.07) is 6.63. The van der Waals surface area contributed by atoms with Gasteiger partial charge in [0.15, 0.2) is 5.65 Å². The Morgan fingerprint density at radius 3 is 2.54 bits per heavy atom. The normalized spacial score (nSPS) is 16.4. The zero-order chi connectivity index (χ0) is 19.7. The highest BCUT2D eigenvalue weighted by atomic mass is 32.2. The molecule has 1 aliphatic rings. The largest absolute Gasteiger partial charge is 0.497 e. The number of ether oxygens (including phenoxy) is 1. The van der Waals surface area contributed by atoms with Crippen molar-refractivity contribution in [2.24, 2.45) is 7.05 Å². The summed E-state index contributed by atoms with van der Waals surface area (Å²) in [6.07, 6.45) is 4.64. The molecule has 10 heteroatoms. The molecule has 148 valence electrons. The van der Waals surface area contributed by atoms with E-state index < -0.39 is 10.0 Å². The van der Waals surface area contributed by atoms with Gasteiger partial charge in [-0.05, 0) is 37.1 Å². The minimum absolute atomic E-state index is 0.139. The zero-order valence-corrected chi connectivity index (χ0v) is 16.6. The maximum absolute atomic E-state index is 12.9. The number of sulfonamides is 1. The van der Waals surface area contributed by atoms with Crippen LogP contribution in [0.3, 0.4) is 0 Å². The van der Waals surface area contributed by atoms with Crippen molar-refractivity contribution in [2.75, 3.05) is 25.5 Å². The average Bonchev–Trinajstić information content (AvgIpc) is 3.10. The summed E-state index contributed by atoms with van der Waals surface area (Å²) in [5.41, 5.74) is 0.761. The molecule has 9 nitrogen and oxygen atoms in total. The number of fused-ring (bicyclic) bond motifs is 1. The van der Waals surface area contributed by atoms with Crippen molar-refractivity contribution >= 4 is 26.9 Å². The number of nitrogens with zero attached hydrogens (tertiary/aromatic N) is 5. The van der Waals surface area contributed by atoms with Gasteiger partial charge in [-0.2, -0.15) is 9.40 Å². The van der Waals surface area contributed by atoms with Gasteiger partial charge in [-0.25, -0.2) is 18.4 Å². The van der Waals surface area contributed by atoms with Crippen LogP contribution in [0.25, 0.3) is 11.0 Å². The number of aromatic nitrogens is 4. The minimum atomic E-state index is -3.50. The summed E-state index contributed by atoms with van der Waals surface area (Å²) in [6.45, 7) is 0.903. The molecule has 1 N–H and O–H groups in total. The number of hydrogen-bond donors (Lipinski definition) is 1. The first-order valence-corrected chi connectivity index (χ1v) is 10.5. The number of aryl methyl sites for hydroxylation is 1. The van der Waals surface area contributed by atoms with Crippen molar-refractivity contribution < 1.29 is 13.2 Å². The van der Waals surface area contributed by atoms with Crippen LogP contribution >= 0.6 is 0 Å². The first-order chi connectivity index (χ1) is 13.5. The fourth-order valence-corrected chi connectivity index (χ4v) is 4.88. The van der Waals surface area contributed by atoms with Crippen molar-refractivity contribution in [3.63, 3.8) is 0 Å². The molecule has 0 unspecified atom stereocenters. The summed E-state index contributed by atoms with van der Waals surface area (Å²) < 4.78 is 34.1. The van der Waals surface area contributed by atoms with Gasteiger partial charge in [0.25, 0.3) is 0 Å². The van der Waals surface area contributed by atoms with Gasteiger partial charge < -0.3 is 10.1 Å². The van der Waals surface area contributed by atoms with Crippen LogP contribution in [0, 0.1) is 0 Å². The molecule has 0 amide bonds. The third-order valence-electron chi connectivity index (χ3n) is 5.02. The van der Waals surface area contributed by atoms with Crippen LogP contribution < -0.4 is 10.1 Å². The van der Waals surface area contributed by atoms with E-state index in [2.05, 4.69) is 20.4 Å². The van der Waals surface area contributed by atoms with Crippen molar-refractivity contribution in [2.45, 2.75) is 23.8 Å². The molecule has 0 atom stereocenters. The van der Waals surface area contributed by atoms with Crippen molar-refractivity contribution in [3.8, 4) is 5.75 Å². The van der Waals surface area contributed by atoms with E-state index in [9.17, 15) is 8.42 Å². The third kappa shape index (κ3) is 3.40. The Balaban J connectivity index is 1.44. The van der Waals surface area contributed by atoms with Crippen LogP contribution in [0.1, 0.15) is 12.8 Å². The highest BCUT2D eigenvalue weighted by Gasteiger charge is 2.29. The number of hydrogen-bond acceptors (Lipinski definition) is 7. The molecule has 0 saturated carbocycles. The predicted molar refractivity (Wildman–Crippen MR) is 105 cm³/mol. The van der Waals surface area contributed by atoms with E-state index in [0.717, 1.165) is 16.9 Å². The van der Waals surface area contributed by atoms with Gasteiger partial charge in [0, 0.05) is 26.2 Å². The Labute approximate surface area is 163 Å². The summed E-state index contributed by atoms with van der Waals surface area (Å²) in [5.74, 6) is 1.36. The summed E-state index contributed by atoms with van der Waals surface area (Å²) >= 11 is 0. The lowest BCUT2D eigenvalue weighted by Crippen LogP contribution is -2.42. The summed E-state index contributed by atoms with van der Waals surface area (Å²) in [5, 5.41) is 8.50. The minimum Gasteiger partial charge on any atom is -0.497 e. The molecule has 1 aliphatic heterocycles. The summed E-state index contributed by atoms with van der Waals surface area (Å²) in [7, 11) is -0.115. The molecule has 1 fully saturated rings. The summed E-state index contributed by atoms with van der Waals surface area (Å²) in [4.78, 5) is 8.85. The number of piperidine rings is 1. The highest BCUT2D eigenvalue weighted by molar-refractivity contribution is 7.89. The number of nitrogens with one attached hydrogen (secondary N) is 1. The lowest BCUT2D eigenvalue weighted by Gasteiger charge is -2.32. The van der Waals surface area contributed by atoms with Crippen molar-refractivity contribution in [1.29, 1.82) is 0 Å². The Bertz CT molecular complexity index is 1070. The van der Waals surface area contributed by atoms with Crippen LogP contribution in [0.2, 0.25) is 0 Å². The van der Waals surface area contributed by atoms with Crippen molar-refractivity contribution in [3.05, 3.63) is 36.8 Å². The maximum atomic E-state index is 12.9. The van der Waals surface area contributed by atoms with Gasteiger partial charge in [-0.15, -0.1) is 0 Å². The second-order valence-corrected chi connectivity index (χ2v) is 8.66. The van der Waals surface area contributed by atoms with E-state index >= 15 is 0 Å². The molecule has 0 bridgehead atoms. The smallest absolute Gasteiger partial charge is 0.243 e. The van der Waals surface area contributed by atoms with Crippen LogP contribution in [0.5, 0.6) is 5.75 Å². The fraction of sp³-hybridized carbons (Fsp3) is 0.389. The molecule has 3 aromatic rings. The Morgan fingerprint density at radius 2 is 1.86 bits per heavy atom. The van der Waals surface area contributed by atoms with E-state index in [1.54, 1.807) is 42.3 Å². The van der Waals surface area contributed by atoms with Crippen LogP contribution in [0.15, 0.2) is 41.7 Å². The van der Waals surface area contributed by atoms with Gasteiger partial charge >= 0.3 is 0 Å². The molecular formula is C18H22N6O3S. The molecule has 0 spiro atoms. The standard InChI is InChI=1S/C18H22N6O3S/c1-23-18-16(11-21-23)17(19-12-20-18)22-13-7-9-24(10-8-13)28(25,26)15-5-3-14(27-2)4-6-15/h3-6,11-13H,7-10H2,1-2H3,(H,19,20,22). The lowest BCUT2D eigenvalue weighted by molar-refractivity contribution is 0.329. The van der Waals surface area contributed by atoms with Gasteiger partial charge in [-0.3, -0.25) is 4.68 Å². The Morgan fingerprint density at radius 1 is 1.14 bits per heavy atom. The maximum Gasteiger partial charge on any atom is 0.243 e. The highest BCUT2D eigenvalue weighted by Crippen LogP contribution is 2.25. The molecule has 2 aromatic heterocycles. The Hall–Kier alpha value is -2.72. The quantitative estimate of drug-likeness (QED) is 0.692. The van der Waals surface area contributed by atoms with Crippen LogP contribution in [-0.4, -0.2) is 58.7 Å². The van der Waals surface area contributed by atoms with E-state index in [1.807, 2.05) is 7.05 Å². The third-order valence-corrected chi connectivity index (χ3v) is 6.93. The van der Waals surface area contributed by atoms with Gasteiger partial charge in [-0.1, -0.05) is 0 Å². The van der Waals surface area contributed by atoms with Crippen molar-refractivity contribution in [1.82, 2.24) is 24.1 Å². The Kier molecular flexibility index (Phi) is 4.90. The molecular weight excluding hydrogens is 380 g/mol. The second-order valence-electron chi connectivity index (χ2n) is 6.73. The fourth-order valence-electron chi connectivity index (χ4n) is 3.41. The molecule has 1 aromatic carbocycles. The van der Waals surface area contributed by atoms with E-state index in [-0.39, 0.29) is 10.9 Å². The molecule has 1 saturated heterocycles. The molecule has 4 rings (SSSR count). The lowest BCUT2D eigenvalue weighted by atomic mass is 10.1. The average molecular weight is 402 g/mol. The SMILES string of the molecule is COc1ccc(S(=O)(=O)N2CCC(Nc3ncnc4c3cnn4C)CC2)cc1. The first kappa shape index (κ1) is 18.6. The van der Waals surface area contributed by atoms with E-state index in [4.69, 9.17) is 4.74 Å². The number of anilines is 1. The van der Waals surface area contributed by atoms with Gasteiger partial charge in [0.05, 0.1) is 23.6 Å². The molecule has 3 heterocycles. The zero-order valence-electron chi connectivity index (χ0n) is 15.7. The number of rotatable bonds is 5. The van der Waals surface area contributed by atoms with Crippen LogP contribution in [0.4, 0.5) is 5.82 Å². The number of methoxy groups -OCH3 is 1. The van der Waals surface area contributed by atoms with Gasteiger partial charge in [0.1, 0.15) is 17.9 Å². The van der Waals surface area contributed by atoms with Crippen LogP contribution in [-0.2, 0) is 17.1 Å². The monoisotopic (exact) mass is 402 g/mol. The first-order valence-electron chi connectivity index (χ1n) is 9.02. The molecule has 0 radical (unpaired) electrons. The number of benzene rings is 1. The van der Waals surface area contributed by atoms with E-state index in [0.29, 0.717) is 31.7 Å². The predicted octanol–water partition coefficient (Wildman–Crippen LogP) is 1.64. The second kappa shape index (κ2) is 7.36. The molecule has 28 heavy (non-hydrogen) atoms. The van der Waals surface area contributed by atoms with E-state index in [1.165, 1.54) is 10.6 Å². The topological polar surface area (TPSA) is 102 Å².